The summed E-state index contributed by atoms with van der Waals surface area (Å²) in [5.41, 5.74) is 12.1. The molecule has 2 nitrogen and oxygen atoms in total. The molecule has 2 heteroatoms. The third kappa shape index (κ3) is 5.34. The third-order valence-corrected chi connectivity index (χ3v) is 11.2. The van der Waals surface area contributed by atoms with E-state index in [1.54, 1.807) is 0 Å². The average Bonchev–Trinajstić information content (AvgIpc) is 3.68. The van der Waals surface area contributed by atoms with Gasteiger partial charge in [-0.15, -0.1) is 0 Å². The van der Waals surface area contributed by atoms with Crippen molar-refractivity contribution in [2.24, 2.45) is 0 Å². The minimum absolute atomic E-state index is 0.908. The number of anilines is 3. The Labute approximate surface area is 325 Å². The number of nitrogens with zero attached hydrogens (tertiary/aromatic N) is 1. The van der Waals surface area contributed by atoms with Crippen molar-refractivity contribution in [2.45, 2.75) is 0 Å². The Balaban J connectivity index is 1.03. The van der Waals surface area contributed by atoms with E-state index in [9.17, 15) is 0 Å². The highest BCUT2D eigenvalue weighted by molar-refractivity contribution is 6.28. The zero-order valence-corrected chi connectivity index (χ0v) is 30.6. The first-order valence-electron chi connectivity index (χ1n) is 19.2. The first-order chi connectivity index (χ1) is 27.8. The van der Waals surface area contributed by atoms with E-state index in [2.05, 4.69) is 217 Å². The van der Waals surface area contributed by atoms with Crippen LogP contribution in [0.3, 0.4) is 0 Å². The van der Waals surface area contributed by atoms with Crippen LogP contribution in [0.1, 0.15) is 0 Å². The highest BCUT2D eigenvalue weighted by Crippen LogP contribution is 2.45. The van der Waals surface area contributed by atoms with Crippen molar-refractivity contribution in [3.63, 3.8) is 0 Å². The molecule has 0 saturated heterocycles. The highest BCUT2D eigenvalue weighted by Gasteiger charge is 2.20. The number of furan rings is 1. The largest absolute Gasteiger partial charge is 0.455 e. The number of rotatable bonds is 6. The molecule has 0 fully saturated rings. The van der Waals surface area contributed by atoms with E-state index in [1.165, 1.54) is 65.3 Å². The van der Waals surface area contributed by atoms with Gasteiger partial charge in [-0.3, -0.25) is 0 Å². The molecule has 0 aliphatic heterocycles. The molecule has 10 aromatic carbocycles. The standard InChI is InChI=1S/C54H35NO/c1-2-11-36(12-3-1)37-21-23-38(24-22-37)39-25-30-44(31-26-39)55(50-20-10-16-40-13-4-7-17-46(40)50)45-32-27-42(28-33-45)49-35-43-15-6-9-19-48(43)53-52-47-18-8-5-14-41(47)29-34-51(52)56-54(49)53/h1-35H. The molecule has 262 valence electrons. The fraction of sp³-hybridized carbons (Fsp3) is 0. The summed E-state index contributed by atoms with van der Waals surface area (Å²) in [5.74, 6) is 0. The molecule has 11 aromatic rings. The van der Waals surface area contributed by atoms with E-state index in [4.69, 9.17) is 4.42 Å². The minimum atomic E-state index is 0.908. The third-order valence-electron chi connectivity index (χ3n) is 11.2. The number of hydrogen-bond donors (Lipinski definition) is 0. The van der Waals surface area contributed by atoms with Gasteiger partial charge in [-0.25, -0.2) is 0 Å². The monoisotopic (exact) mass is 713 g/mol. The van der Waals surface area contributed by atoms with Gasteiger partial charge in [0.2, 0.25) is 0 Å². The summed E-state index contributed by atoms with van der Waals surface area (Å²) in [6.45, 7) is 0. The van der Waals surface area contributed by atoms with Gasteiger partial charge in [-0.2, -0.15) is 0 Å². The van der Waals surface area contributed by atoms with Gasteiger partial charge >= 0.3 is 0 Å². The van der Waals surface area contributed by atoms with Crippen LogP contribution in [0.5, 0.6) is 0 Å². The Hall–Kier alpha value is -7.42. The van der Waals surface area contributed by atoms with Crippen LogP contribution in [0.15, 0.2) is 217 Å². The molecule has 11 rings (SSSR count). The average molecular weight is 714 g/mol. The lowest BCUT2D eigenvalue weighted by atomic mass is 9.94. The fourth-order valence-corrected chi connectivity index (χ4v) is 8.51. The van der Waals surface area contributed by atoms with E-state index < -0.39 is 0 Å². The molecule has 0 amide bonds. The topological polar surface area (TPSA) is 16.4 Å². The summed E-state index contributed by atoms with van der Waals surface area (Å²) in [7, 11) is 0. The summed E-state index contributed by atoms with van der Waals surface area (Å²) < 4.78 is 6.78. The minimum Gasteiger partial charge on any atom is -0.455 e. The zero-order chi connectivity index (χ0) is 37.0. The lowest BCUT2D eigenvalue weighted by Gasteiger charge is -2.27. The summed E-state index contributed by atoms with van der Waals surface area (Å²) in [4.78, 5) is 2.37. The lowest BCUT2D eigenvalue weighted by molar-refractivity contribution is 0.670. The van der Waals surface area contributed by atoms with Crippen molar-refractivity contribution in [3.8, 4) is 33.4 Å². The van der Waals surface area contributed by atoms with Gasteiger partial charge in [0, 0.05) is 33.1 Å². The summed E-state index contributed by atoms with van der Waals surface area (Å²) in [5, 5.41) is 9.57. The van der Waals surface area contributed by atoms with Gasteiger partial charge < -0.3 is 9.32 Å². The molecule has 1 aromatic heterocycles. The molecule has 0 saturated carbocycles. The highest BCUT2D eigenvalue weighted by atomic mass is 16.3. The van der Waals surface area contributed by atoms with Crippen molar-refractivity contribution in [3.05, 3.63) is 212 Å². The Morgan fingerprint density at radius 2 is 0.804 bits per heavy atom. The van der Waals surface area contributed by atoms with Crippen LogP contribution >= 0.6 is 0 Å². The smallest absolute Gasteiger partial charge is 0.143 e. The van der Waals surface area contributed by atoms with E-state index in [1.807, 2.05) is 0 Å². The van der Waals surface area contributed by atoms with Crippen LogP contribution in [0.4, 0.5) is 17.1 Å². The zero-order valence-electron chi connectivity index (χ0n) is 30.6. The molecule has 0 atom stereocenters. The first kappa shape index (κ1) is 32.0. The Kier molecular flexibility index (Phi) is 7.53. The Bertz CT molecular complexity index is 3210. The van der Waals surface area contributed by atoms with Gasteiger partial charge in [0.1, 0.15) is 11.2 Å². The number of fused-ring (bicyclic) bond motifs is 8. The van der Waals surface area contributed by atoms with Crippen molar-refractivity contribution in [1.29, 1.82) is 0 Å². The lowest BCUT2D eigenvalue weighted by Crippen LogP contribution is -2.10. The molecule has 0 N–H and O–H groups in total. The molecule has 1 heterocycles. The van der Waals surface area contributed by atoms with Crippen LogP contribution in [-0.4, -0.2) is 0 Å². The maximum absolute atomic E-state index is 6.78. The molecule has 0 bridgehead atoms. The second kappa shape index (κ2) is 13.2. The van der Waals surface area contributed by atoms with Crippen molar-refractivity contribution in [1.82, 2.24) is 0 Å². The van der Waals surface area contributed by atoms with Gasteiger partial charge in [0.25, 0.3) is 0 Å². The van der Waals surface area contributed by atoms with E-state index >= 15 is 0 Å². The predicted molar refractivity (Wildman–Crippen MR) is 237 cm³/mol. The normalized spacial score (nSPS) is 11.6. The molecule has 0 aliphatic carbocycles. The van der Waals surface area contributed by atoms with Crippen LogP contribution in [0, 0.1) is 0 Å². The molecular formula is C54H35NO. The number of benzene rings is 10. The van der Waals surface area contributed by atoms with E-state index in [0.717, 1.165) is 39.4 Å². The SMILES string of the molecule is c1ccc(-c2ccc(-c3ccc(N(c4ccc(-c5cc6ccccc6c6c5oc5ccc7ccccc7c56)cc4)c4cccc5ccccc45)cc3)cc2)cc1. The van der Waals surface area contributed by atoms with Crippen LogP contribution in [0.2, 0.25) is 0 Å². The van der Waals surface area contributed by atoms with Crippen molar-refractivity contribution < 1.29 is 4.42 Å². The summed E-state index contributed by atoms with van der Waals surface area (Å²) >= 11 is 0. The molecule has 56 heavy (non-hydrogen) atoms. The number of hydrogen-bond acceptors (Lipinski definition) is 2. The van der Waals surface area contributed by atoms with Gasteiger partial charge in [0.05, 0.1) is 5.69 Å². The predicted octanol–water partition coefficient (Wildman–Crippen LogP) is 15.5. The van der Waals surface area contributed by atoms with Crippen LogP contribution < -0.4 is 4.90 Å². The van der Waals surface area contributed by atoms with E-state index in [-0.39, 0.29) is 0 Å². The molecule has 0 radical (unpaired) electrons. The maximum Gasteiger partial charge on any atom is 0.143 e. The second-order valence-corrected chi connectivity index (χ2v) is 14.5. The van der Waals surface area contributed by atoms with Gasteiger partial charge in [-0.1, -0.05) is 170 Å². The van der Waals surface area contributed by atoms with Crippen molar-refractivity contribution >= 4 is 71.3 Å². The molecule has 0 spiro atoms. The Morgan fingerprint density at radius 1 is 0.321 bits per heavy atom. The fourth-order valence-electron chi connectivity index (χ4n) is 8.51. The van der Waals surface area contributed by atoms with Crippen LogP contribution in [-0.2, 0) is 0 Å². The first-order valence-corrected chi connectivity index (χ1v) is 19.2. The molecular weight excluding hydrogens is 679 g/mol. The maximum atomic E-state index is 6.78. The molecule has 0 aliphatic rings. The summed E-state index contributed by atoms with van der Waals surface area (Å²) in [6, 6.07) is 76.3. The van der Waals surface area contributed by atoms with Crippen molar-refractivity contribution in [2.75, 3.05) is 4.90 Å². The second-order valence-electron chi connectivity index (χ2n) is 14.5. The summed E-state index contributed by atoms with van der Waals surface area (Å²) in [6.07, 6.45) is 0. The van der Waals surface area contributed by atoms with Crippen LogP contribution in [0.25, 0.3) is 87.6 Å². The van der Waals surface area contributed by atoms with Gasteiger partial charge in [-0.05, 0) is 97.2 Å². The quantitative estimate of drug-likeness (QED) is 0.171. The van der Waals surface area contributed by atoms with E-state index in [0.29, 0.717) is 0 Å². The molecule has 0 unspecified atom stereocenters. The van der Waals surface area contributed by atoms with Gasteiger partial charge in [0.15, 0.2) is 0 Å². The Morgan fingerprint density at radius 3 is 1.46 bits per heavy atom.